The lowest BCUT2D eigenvalue weighted by Gasteiger charge is -2.13. The number of nitrogens with one attached hydrogen (secondary N) is 1. The highest BCUT2D eigenvalue weighted by Crippen LogP contribution is 2.23. The zero-order chi connectivity index (χ0) is 20.8. The predicted molar refractivity (Wildman–Crippen MR) is 106 cm³/mol. The standard InChI is InChI=1S/C20H19FN6O2/c1-20(2,3)14-9-17-26(11-16(28)24-15-7-6-12(21)10-23-15)19(29)18-13(27(17)25-14)5-4-8-22-18/h4-10H,11H2,1-3H3,(H,23,24,28). The number of halogens is 1. The van der Waals surface area contributed by atoms with Crippen LogP contribution in [-0.4, -0.2) is 30.1 Å². The van der Waals surface area contributed by atoms with E-state index >= 15 is 0 Å². The minimum absolute atomic E-state index is 0.197. The van der Waals surface area contributed by atoms with Crippen LogP contribution in [0.1, 0.15) is 26.5 Å². The van der Waals surface area contributed by atoms with Crippen molar-refractivity contribution in [3.05, 3.63) is 64.6 Å². The Morgan fingerprint density at radius 3 is 2.69 bits per heavy atom. The first kappa shape index (κ1) is 18.7. The van der Waals surface area contributed by atoms with Crippen molar-refractivity contribution < 1.29 is 9.18 Å². The SMILES string of the molecule is CC(C)(C)c1cc2n(CC(=O)Nc3ccc(F)cn3)c(=O)c3ncccc3n2n1. The van der Waals surface area contributed by atoms with Gasteiger partial charge in [-0.15, -0.1) is 0 Å². The molecule has 0 unspecified atom stereocenters. The average molecular weight is 394 g/mol. The van der Waals surface area contributed by atoms with E-state index in [1.165, 1.54) is 22.9 Å². The second kappa shape index (κ2) is 6.77. The van der Waals surface area contributed by atoms with E-state index in [0.717, 1.165) is 11.9 Å². The normalized spacial score (nSPS) is 11.9. The summed E-state index contributed by atoms with van der Waals surface area (Å²) in [7, 11) is 0. The number of carbonyl (C=O) groups excluding carboxylic acids is 1. The van der Waals surface area contributed by atoms with Crippen LogP contribution in [0.2, 0.25) is 0 Å². The number of hydrogen-bond donors (Lipinski definition) is 1. The summed E-state index contributed by atoms with van der Waals surface area (Å²) in [5, 5.41) is 7.21. The molecule has 1 amide bonds. The first-order valence-corrected chi connectivity index (χ1v) is 9.03. The van der Waals surface area contributed by atoms with Gasteiger partial charge in [0, 0.05) is 17.7 Å². The van der Waals surface area contributed by atoms with Crippen LogP contribution in [-0.2, 0) is 16.8 Å². The number of rotatable bonds is 3. The van der Waals surface area contributed by atoms with Crippen LogP contribution in [0.25, 0.3) is 16.7 Å². The van der Waals surface area contributed by atoms with Gasteiger partial charge in [0.25, 0.3) is 5.56 Å². The molecular weight excluding hydrogens is 375 g/mol. The van der Waals surface area contributed by atoms with E-state index in [2.05, 4.69) is 20.4 Å². The zero-order valence-corrected chi connectivity index (χ0v) is 16.2. The topological polar surface area (TPSA) is 94.2 Å². The molecule has 9 heteroatoms. The van der Waals surface area contributed by atoms with E-state index in [4.69, 9.17) is 0 Å². The van der Waals surface area contributed by atoms with Crippen LogP contribution >= 0.6 is 0 Å². The molecular formula is C20H19FN6O2. The Morgan fingerprint density at radius 1 is 1.21 bits per heavy atom. The van der Waals surface area contributed by atoms with Gasteiger partial charge in [0.05, 0.1) is 17.4 Å². The summed E-state index contributed by atoms with van der Waals surface area (Å²) in [6.07, 6.45) is 2.53. The number of nitrogens with zero attached hydrogens (tertiary/aromatic N) is 5. The number of fused-ring (bicyclic) bond motifs is 3. The second-order valence-electron chi connectivity index (χ2n) is 7.72. The monoisotopic (exact) mass is 394 g/mol. The van der Waals surface area contributed by atoms with Crippen molar-refractivity contribution in [2.45, 2.75) is 32.7 Å². The minimum atomic E-state index is -0.504. The molecule has 4 heterocycles. The molecule has 0 saturated carbocycles. The Balaban J connectivity index is 1.82. The molecule has 0 atom stereocenters. The highest BCUT2D eigenvalue weighted by Gasteiger charge is 2.22. The molecule has 0 fully saturated rings. The zero-order valence-electron chi connectivity index (χ0n) is 16.2. The first-order chi connectivity index (χ1) is 13.7. The Hall–Kier alpha value is -3.62. The molecule has 0 aliphatic heterocycles. The van der Waals surface area contributed by atoms with Crippen molar-refractivity contribution >= 4 is 28.4 Å². The molecule has 4 rings (SSSR count). The molecule has 29 heavy (non-hydrogen) atoms. The highest BCUT2D eigenvalue weighted by atomic mass is 19.1. The van der Waals surface area contributed by atoms with Crippen molar-refractivity contribution in [3.63, 3.8) is 0 Å². The molecule has 1 N–H and O–H groups in total. The van der Waals surface area contributed by atoms with Gasteiger partial charge in [-0.2, -0.15) is 5.10 Å². The van der Waals surface area contributed by atoms with Crippen LogP contribution < -0.4 is 10.9 Å². The number of hydrogen-bond acceptors (Lipinski definition) is 5. The van der Waals surface area contributed by atoms with Crippen molar-refractivity contribution in [2.75, 3.05) is 5.32 Å². The second-order valence-corrected chi connectivity index (χ2v) is 7.72. The molecule has 148 valence electrons. The van der Waals surface area contributed by atoms with Crippen LogP contribution in [0, 0.1) is 5.82 Å². The molecule has 0 aliphatic rings. The van der Waals surface area contributed by atoms with Gasteiger partial charge < -0.3 is 5.32 Å². The summed E-state index contributed by atoms with van der Waals surface area (Å²) in [5.74, 6) is -0.777. The van der Waals surface area contributed by atoms with Gasteiger partial charge in [0.2, 0.25) is 5.91 Å². The van der Waals surface area contributed by atoms with Crippen LogP contribution in [0.15, 0.2) is 47.5 Å². The number of pyridine rings is 2. The Labute approximate surface area is 165 Å². The summed E-state index contributed by atoms with van der Waals surface area (Å²) < 4.78 is 16.0. The minimum Gasteiger partial charge on any atom is -0.309 e. The Kier molecular flexibility index (Phi) is 4.37. The third kappa shape index (κ3) is 3.46. The van der Waals surface area contributed by atoms with Crippen LogP contribution in [0.5, 0.6) is 0 Å². The van der Waals surface area contributed by atoms with Gasteiger partial charge in [-0.3, -0.25) is 14.2 Å². The van der Waals surface area contributed by atoms with Crippen molar-refractivity contribution in [2.24, 2.45) is 0 Å². The van der Waals surface area contributed by atoms with Crippen LogP contribution in [0.3, 0.4) is 0 Å². The third-order valence-corrected chi connectivity index (χ3v) is 4.49. The summed E-state index contributed by atoms with van der Waals surface area (Å²) in [4.78, 5) is 33.6. The summed E-state index contributed by atoms with van der Waals surface area (Å²) in [6.45, 7) is 5.79. The lowest BCUT2D eigenvalue weighted by atomic mass is 9.93. The Morgan fingerprint density at radius 2 is 2.00 bits per heavy atom. The fourth-order valence-electron chi connectivity index (χ4n) is 3.00. The Bertz CT molecular complexity index is 1280. The fourth-order valence-corrected chi connectivity index (χ4v) is 3.00. The maximum absolute atomic E-state index is 13.0. The summed E-state index contributed by atoms with van der Waals surface area (Å²) >= 11 is 0. The molecule has 8 nitrogen and oxygen atoms in total. The molecule has 4 aromatic rings. The quantitative estimate of drug-likeness (QED) is 0.576. The van der Waals surface area contributed by atoms with Crippen molar-refractivity contribution in [3.8, 4) is 0 Å². The van der Waals surface area contributed by atoms with Crippen molar-refractivity contribution in [1.29, 1.82) is 0 Å². The van der Waals surface area contributed by atoms with E-state index in [9.17, 15) is 14.0 Å². The smallest absolute Gasteiger partial charge is 0.280 e. The lowest BCUT2D eigenvalue weighted by molar-refractivity contribution is -0.116. The number of carbonyl (C=O) groups is 1. The van der Waals surface area contributed by atoms with Gasteiger partial charge in [-0.1, -0.05) is 20.8 Å². The molecule has 0 aromatic carbocycles. The van der Waals surface area contributed by atoms with E-state index in [0.29, 0.717) is 11.2 Å². The van der Waals surface area contributed by atoms with E-state index < -0.39 is 17.3 Å². The number of amides is 1. The molecule has 0 saturated heterocycles. The largest absolute Gasteiger partial charge is 0.309 e. The number of aromatic nitrogens is 5. The van der Waals surface area contributed by atoms with E-state index in [1.807, 2.05) is 20.8 Å². The highest BCUT2D eigenvalue weighted by molar-refractivity contribution is 5.90. The third-order valence-electron chi connectivity index (χ3n) is 4.49. The van der Waals surface area contributed by atoms with Gasteiger partial charge in [0.15, 0.2) is 5.52 Å². The molecule has 4 aromatic heterocycles. The summed E-state index contributed by atoms with van der Waals surface area (Å²) in [5.41, 5.74) is 1.42. The maximum atomic E-state index is 13.0. The molecule has 0 radical (unpaired) electrons. The average Bonchev–Trinajstić information content (AvgIpc) is 3.13. The van der Waals surface area contributed by atoms with Gasteiger partial charge in [-0.05, 0) is 24.3 Å². The maximum Gasteiger partial charge on any atom is 0.280 e. The van der Waals surface area contributed by atoms with Crippen molar-refractivity contribution in [1.82, 2.24) is 24.1 Å². The molecule has 0 aliphatic carbocycles. The number of anilines is 1. The van der Waals surface area contributed by atoms with Gasteiger partial charge in [-0.25, -0.2) is 18.9 Å². The lowest BCUT2D eigenvalue weighted by Crippen LogP contribution is -2.30. The first-order valence-electron chi connectivity index (χ1n) is 9.03. The summed E-state index contributed by atoms with van der Waals surface area (Å²) in [6, 6.07) is 7.85. The van der Waals surface area contributed by atoms with Gasteiger partial charge >= 0.3 is 0 Å². The van der Waals surface area contributed by atoms with Crippen LogP contribution in [0.4, 0.5) is 10.2 Å². The predicted octanol–water partition coefficient (Wildman–Crippen LogP) is 2.51. The fraction of sp³-hybridized carbons (Fsp3) is 0.250. The molecule has 0 bridgehead atoms. The van der Waals surface area contributed by atoms with E-state index in [-0.39, 0.29) is 23.3 Å². The van der Waals surface area contributed by atoms with Gasteiger partial charge in [0.1, 0.15) is 23.8 Å². The van der Waals surface area contributed by atoms with E-state index in [1.54, 1.807) is 22.7 Å². The molecule has 0 spiro atoms.